The largest absolute Gasteiger partial charge is 0.454 e. The van der Waals surface area contributed by atoms with Crippen molar-refractivity contribution in [2.45, 2.75) is 13.8 Å². The fourth-order valence-electron chi connectivity index (χ4n) is 2.39. The lowest BCUT2D eigenvalue weighted by molar-refractivity contribution is -0.136. The van der Waals surface area contributed by atoms with Crippen molar-refractivity contribution in [3.8, 4) is 0 Å². The number of carbonyl (C=O) groups is 2. The molecule has 2 aromatic rings. The number of anilines is 1. The van der Waals surface area contributed by atoms with Crippen molar-refractivity contribution in [2.24, 2.45) is 7.05 Å². The van der Waals surface area contributed by atoms with Crippen LogP contribution >= 0.6 is 0 Å². The normalized spacial score (nSPS) is 11.6. The summed E-state index contributed by atoms with van der Waals surface area (Å²) in [5.74, 6) is -1.03. The molecule has 0 saturated carbocycles. The van der Waals surface area contributed by atoms with E-state index in [9.17, 15) is 18.0 Å². The second-order valence-corrected chi connectivity index (χ2v) is 7.77. The minimum absolute atomic E-state index is 0.310. The molecular formula is C18H21N3O5S. The quantitative estimate of drug-likeness (QED) is 0.438. The van der Waals surface area contributed by atoms with Crippen molar-refractivity contribution in [1.29, 1.82) is 0 Å². The molecule has 0 bridgehead atoms. The minimum atomic E-state index is -3.38. The fraction of sp³-hybridized carbons (Fsp3) is 0.278. The summed E-state index contributed by atoms with van der Waals surface area (Å²) in [4.78, 5) is 23.9. The van der Waals surface area contributed by atoms with Crippen LogP contribution in [-0.4, -0.2) is 42.8 Å². The lowest BCUT2D eigenvalue weighted by atomic mass is 10.1. The SMILES string of the molecule is Cc1nn(C)c(C)c1/C=C/C(=O)OCC(=O)c1ccc(NS(C)(=O)=O)cc1. The Morgan fingerprint density at radius 3 is 2.37 bits per heavy atom. The number of ether oxygens (including phenoxy) is 1. The van der Waals surface area contributed by atoms with Crippen LogP contribution in [0.1, 0.15) is 27.3 Å². The number of carbonyl (C=O) groups excluding carboxylic acids is 2. The second kappa shape index (κ2) is 8.17. The average molecular weight is 391 g/mol. The van der Waals surface area contributed by atoms with Gasteiger partial charge in [0.2, 0.25) is 10.0 Å². The molecule has 0 aliphatic carbocycles. The number of esters is 1. The van der Waals surface area contributed by atoms with Gasteiger partial charge in [0.25, 0.3) is 0 Å². The summed E-state index contributed by atoms with van der Waals surface area (Å²) in [5, 5.41) is 4.25. The Kier molecular flexibility index (Phi) is 6.17. The van der Waals surface area contributed by atoms with Crippen molar-refractivity contribution < 1.29 is 22.7 Å². The molecule has 27 heavy (non-hydrogen) atoms. The highest BCUT2D eigenvalue weighted by Crippen LogP contribution is 2.14. The number of sulfonamides is 1. The van der Waals surface area contributed by atoms with Crippen molar-refractivity contribution >= 4 is 33.5 Å². The number of benzene rings is 1. The third-order valence-corrected chi connectivity index (χ3v) is 4.41. The lowest BCUT2D eigenvalue weighted by Gasteiger charge is -2.05. The first-order chi connectivity index (χ1) is 12.6. The van der Waals surface area contributed by atoms with Gasteiger partial charge < -0.3 is 4.74 Å². The summed E-state index contributed by atoms with van der Waals surface area (Å²) in [6.07, 6.45) is 3.90. The Bertz CT molecular complexity index is 989. The standard InChI is InChI=1S/C18H21N3O5S/c1-12-16(13(2)21(3)19-12)9-10-18(23)26-11-17(22)14-5-7-15(8-6-14)20-27(4,24)25/h5-10,20H,11H2,1-4H3/b10-9+. The first-order valence-corrected chi connectivity index (χ1v) is 9.92. The van der Waals surface area contributed by atoms with Crippen LogP contribution in [0.2, 0.25) is 0 Å². The van der Waals surface area contributed by atoms with E-state index in [1.165, 1.54) is 30.3 Å². The maximum atomic E-state index is 12.1. The van der Waals surface area contributed by atoms with Gasteiger partial charge in [0.05, 0.1) is 11.9 Å². The van der Waals surface area contributed by atoms with Gasteiger partial charge in [-0.05, 0) is 44.2 Å². The zero-order valence-corrected chi connectivity index (χ0v) is 16.3. The molecule has 8 nitrogen and oxygen atoms in total. The highest BCUT2D eigenvalue weighted by molar-refractivity contribution is 7.92. The molecule has 0 unspecified atom stereocenters. The molecule has 9 heteroatoms. The molecule has 0 aliphatic heterocycles. The van der Waals surface area contributed by atoms with Gasteiger partial charge in [0, 0.05) is 35.6 Å². The molecule has 1 aromatic carbocycles. The average Bonchev–Trinajstić information content (AvgIpc) is 2.82. The predicted octanol–water partition coefficient (Wildman–Crippen LogP) is 1.85. The number of ketones is 1. The van der Waals surface area contributed by atoms with Crippen LogP contribution in [0, 0.1) is 13.8 Å². The molecule has 1 N–H and O–H groups in total. The first-order valence-electron chi connectivity index (χ1n) is 8.03. The molecular weight excluding hydrogens is 370 g/mol. The monoisotopic (exact) mass is 391 g/mol. The van der Waals surface area contributed by atoms with Gasteiger partial charge in [-0.25, -0.2) is 13.2 Å². The molecule has 0 atom stereocenters. The fourth-order valence-corrected chi connectivity index (χ4v) is 2.95. The minimum Gasteiger partial charge on any atom is -0.454 e. The van der Waals surface area contributed by atoms with Crippen LogP contribution < -0.4 is 4.72 Å². The Balaban J connectivity index is 1.93. The van der Waals surface area contributed by atoms with E-state index in [1.54, 1.807) is 10.8 Å². The number of hydrogen-bond acceptors (Lipinski definition) is 6. The topological polar surface area (TPSA) is 107 Å². The predicted molar refractivity (Wildman–Crippen MR) is 102 cm³/mol. The molecule has 1 aromatic heterocycles. The van der Waals surface area contributed by atoms with Gasteiger partial charge in [-0.3, -0.25) is 14.2 Å². The van der Waals surface area contributed by atoms with Gasteiger partial charge in [-0.2, -0.15) is 5.10 Å². The van der Waals surface area contributed by atoms with E-state index in [4.69, 9.17) is 4.74 Å². The number of nitrogens with zero attached hydrogens (tertiary/aromatic N) is 2. The molecule has 0 fully saturated rings. The molecule has 0 spiro atoms. The number of Topliss-reactive ketones (excluding diaryl/α,β-unsaturated/α-hetero) is 1. The molecule has 1 heterocycles. The molecule has 0 saturated heterocycles. The van der Waals surface area contributed by atoms with Crippen LogP contribution in [-0.2, 0) is 26.6 Å². The maximum absolute atomic E-state index is 12.1. The van der Waals surface area contributed by atoms with E-state index in [1.807, 2.05) is 20.9 Å². The van der Waals surface area contributed by atoms with Crippen LogP contribution in [0.15, 0.2) is 30.3 Å². The summed E-state index contributed by atoms with van der Waals surface area (Å²) in [5.41, 5.74) is 3.18. The Labute approximate surface area is 157 Å². The summed E-state index contributed by atoms with van der Waals surface area (Å²) >= 11 is 0. The van der Waals surface area contributed by atoms with E-state index in [0.29, 0.717) is 11.3 Å². The summed E-state index contributed by atoms with van der Waals surface area (Å²) in [6.45, 7) is 3.31. The van der Waals surface area contributed by atoms with Crippen molar-refractivity contribution in [1.82, 2.24) is 9.78 Å². The van der Waals surface area contributed by atoms with Crippen LogP contribution in [0.25, 0.3) is 6.08 Å². The third-order valence-electron chi connectivity index (χ3n) is 3.81. The Morgan fingerprint density at radius 1 is 1.22 bits per heavy atom. The third kappa shape index (κ3) is 5.78. The van der Waals surface area contributed by atoms with Gasteiger partial charge in [0.15, 0.2) is 12.4 Å². The summed E-state index contributed by atoms with van der Waals surface area (Å²) in [6, 6.07) is 5.84. The van der Waals surface area contributed by atoms with E-state index in [2.05, 4.69) is 9.82 Å². The van der Waals surface area contributed by atoms with E-state index < -0.39 is 28.4 Å². The highest BCUT2D eigenvalue weighted by atomic mass is 32.2. The zero-order chi connectivity index (χ0) is 20.2. The lowest BCUT2D eigenvalue weighted by Crippen LogP contribution is -2.13. The van der Waals surface area contributed by atoms with Gasteiger partial charge in [0.1, 0.15) is 0 Å². The number of rotatable bonds is 7. The number of nitrogens with one attached hydrogen (secondary N) is 1. The number of hydrogen-bond donors (Lipinski definition) is 1. The molecule has 2 rings (SSSR count). The molecule has 0 amide bonds. The molecule has 144 valence electrons. The zero-order valence-electron chi connectivity index (χ0n) is 15.5. The second-order valence-electron chi connectivity index (χ2n) is 6.02. The molecule has 0 aliphatic rings. The van der Waals surface area contributed by atoms with E-state index in [-0.39, 0.29) is 0 Å². The van der Waals surface area contributed by atoms with Gasteiger partial charge >= 0.3 is 5.97 Å². The number of aromatic nitrogens is 2. The van der Waals surface area contributed by atoms with Crippen molar-refractivity contribution in [3.05, 3.63) is 52.9 Å². The van der Waals surface area contributed by atoms with Crippen LogP contribution in [0.5, 0.6) is 0 Å². The van der Waals surface area contributed by atoms with Gasteiger partial charge in [-0.15, -0.1) is 0 Å². The summed E-state index contributed by atoms with van der Waals surface area (Å²) < 4.78 is 31.3. The number of aryl methyl sites for hydroxylation is 2. The van der Waals surface area contributed by atoms with Crippen LogP contribution in [0.3, 0.4) is 0 Å². The first kappa shape index (κ1) is 20.4. The highest BCUT2D eigenvalue weighted by Gasteiger charge is 2.11. The van der Waals surface area contributed by atoms with E-state index >= 15 is 0 Å². The molecule has 0 radical (unpaired) electrons. The van der Waals surface area contributed by atoms with Crippen molar-refractivity contribution in [2.75, 3.05) is 17.6 Å². The van der Waals surface area contributed by atoms with Crippen molar-refractivity contribution in [3.63, 3.8) is 0 Å². The van der Waals surface area contributed by atoms with Crippen LogP contribution in [0.4, 0.5) is 5.69 Å². The Hall–Kier alpha value is -2.94. The summed E-state index contributed by atoms with van der Waals surface area (Å²) in [7, 11) is -1.57. The van der Waals surface area contributed by atoms with E-state index in [0.717, 1.165) is 23.2 Å². The maximum Gasteiger partial charge on any atom is 0.331 e. The Morgan fingerprint density at radius 2 is 1.85 bits per heavy atom. The smallest absolute Gasteiger partial charge is 0.331 e. The van der Waals surface area contributed by atoms with Gasteiger partial charge in [-0.1, -0.05) is 0 Å².